The maximum atomic E-state index is 9.49. The summed E-state index contributed by atoms with van der Waals surface area (Å²) in [5.41, 5.74) is 1.22. The summed E-state index contributed by atoms with van der Waals surface area (Å²) < 4.78 is 0. The molecular formula is C10H8N2O2. The van der Waals surface area contributed by atoms with E-state index in [4.69, 9.17) is 5.21 Å². The van der Waals surface area contributed by atoms with E-state index in [2.05, 4.69) is 10.1 Å². The number of aromatic hydroxyl groups is 1. The summed E-state index contributed by atoms with van der Waals surface area (Å²) >= 11 is 0. The number of phenols is 1. The van der Waals surface area contributed by atoms with Crippen LogP contribution in [-0.2, 0) is 0 Å². The van der Waals surface area contributed by atoms with E-state index in [1.807, 2.05) is 0 Å². The number of fused-ring (bicyclic) bond motifs is 1. The minimum atomic E-state index is 0.121. The smallest absolute Gasteiger partial charge is 0.141 e. The van der Waals surface area contributed by atoms with Gasteiger partial charge in [0.05, 0.1) is 6.21 Å². The largest absolute Gasteiger partial charge is 0.506 e. The zero-order chi connectivity index (χ0) is 9.97. The van der Waals surface area contributed by atoms with E-state index in [-0.39, 0.29) is 5.75 Å². The molecule has 0 aliphatic heterocycles. The molecule has 0 saturated carbocycles. The van der Waals surface area contributed by atoms with Gasteiger partial charge in [-0.15, -0.1) is 0 Å². The molecule has 1 heterocycles. The van der Waals surface area contributed by atoms with Gasteiger partial charge in [-0.1, -0.05) is 11.2 Å². The Morgan fingerprint density at radius 3 is 2.93 bits per heavy atom. The molecule has 0 fully saturated rings. The minimum absolute atomic E-state index is 0.121. The third-order valence-corrected chi connectivity index (χ3v) is 1.98. The Bertz CT molecular complexity index is 494. The Hall–Kier alpha value is -2.10. The molecule has 4 heteroatoms. The number of benzene rings is 1. The second-order valence-electron chi connectivity index (χ2n) is 2.82. The molecule has 14 heavy (non-hydrogen) atoms. The molecule has 70 valence electrons. The molecule has 1 aromatic heterocycles. The summed E-state index contributed by atoms with van der Waals surface area (Å²) in [6.45, 7) is 0. The Morgan fingerprint density at radius 1 is 1.29 bits per heavy atom. The van der Waals surface area contributed by atoms with Gasteiger partial charge >= 0.3 is 0 Å². The van der Waals surface area contributed by atoms with Gasteiger partial charge < -0.3 is 10.3 Å². The molecule has 0 spiro atoms. The molecule has 0 aliphatic carbocycles. The number of aromatic nitrogens is 1. The van der Waals surface area contributed by atoms with Crippen molar-refractivity contribution in [1.29, 1.82) is 0 Å². The third-order valence-electron chi connectivity index (χ3n) is 1.98. The molecule has 0 saturated heterocycles. The molecule has 2 N–H and O–H groups in total. The standard InChI is InChI=1S/C10H8N2O2/c13-9-4-3-7(6-12-14)8-2-1-5-11-10(8)9/h1-6,13-14H. The SMILES string of the molecule is ON=Cc1ccc(O)c2ncccc12. The van der Waals surface area contributed by atoms with E-state index in [0.29, 0.717) is 11.1 Å². The van der Waals surface area contributed by atoms with Crippen LogP contribution in [0.5, 0.6) is 5.75 Å². The summed E-state index contributed by atoms with van der Waals surface area (Å²) in [6, 6.07) is 6.75. The molecule has 2 rings (SSSR count). The quantitative estimate of drug-likeness (QED) is 0.407. The number of nitrogens with zero attached hydrogens (tertiary/aromatic N) is 2. The van der Waals surface area contributed by atoms with Gasteiger partial charge in [-0.25, -0.2) is 0 Å². The summed E-state index contributed by atoms with van der Waals surface area (Å²) in [7, 11) is 0. The average molecular weight is 188 g/mol. The lowest BCUT2D eigenvalue weighted by Crippen LogP contribution is -1.86. The number of hydrogen-bond donors (Lipinski definition) is 2. The summed E-state index contributed by atoms with van der Waals surface area (Å²) in [5, 5.41) is 21.6. The van der Waals surface area contributed by atoms with Crippen molar-refractivity contribution in [3.8, 4) is 5.75 Å². The van der Waals surface area contributed by atoms with Crippen LogP contribution in [0.4, 0.5) is 0 Å². The van der Waals surface area contributed by atoms with E-state index in [1.165, 1.54) is 12.3 Å². The lowest BCUT2D eigenvalue weighted by Gasteiger charge is -2.01. The first-order valence-electron chi connectivity index (χ1n) is 4.07. The molecule has 2 aromatic rings. The van der Waals surface area contributed by atoms with Gasteiger partial charge in [-0.05, 0) is 18.2 Å². The average Bonchev–Trinajstić information content (AvgIpc) is 2.23. The van der Waals surface area contributed by atoms with Crippen LogP contribution < -0.4 is 0 Å². The molecule has 0 unspecified atom stereocenters. The molecule has 0 amide bonds. The van der Waals surface area contributed by atoms with E-state index in [0.717, 1.165) is 5.39 Å². The fraction of sp³-hybridized carbons (Fsp3) is 0. The van der Waals surface area contributed by atoms with Gasteiger partial charge in [0.1, 0.15) is 11.3 Å². The maximum Gasteiger partial charge on any atom is 0.141 e. The van der Waals surface area contributed by atoms with E-state index >= 15 is 0 Å². The maximum absolute atomic E-state index is 9.49. The lowest BCUT2D eigenvalue weighted by molar-refractivity contribution is 0.322. The highest BCUT2D eigenvalue weighted by molar-refractivity contribution is 6.00. The van der Waals surface area contributed by atoms with Gasteiger partial charge in [0, 0.05) is 17.1 Å². The van der Waals surface area contributed by atoms with Gasteiger partial charge in [0.15, 0.2) is 0 Å². The van der Waals surface area contributed by atoms with Crippen LogP contribution >= 0.6 is 0 Å². The van der Waals surface area contributed by atoms with Crippen molar-refractivity contribution < 1.29 is 10.3 Å². The highest BCUT2D eigenvalue weighted by Crippen LogP contribution is 2.24. The van der Waals surface area contributed by atoms with E-state index < -0.39 is 0 Å². The number of hydrogen-bond acceptors (Lipinski definition) is 4. The van der Waals surface area contributed by atoms with Crippen molar-refractivity contribution >= 4 is 17.1 Å². The molecule has 4 nitrogen and oxygen atoms in total. The predicted octanol–water partition coefficient (Wildman–Crippen LogP) is 1.75. The van der Waals surface area contributed by atoms with Crippen molar-refractivity contribution in [1.82, 2.24) is 4.98 Å². The van der Waals surface area contributed by atoms with Crippen LogP contribution in [0.2, 0.25) is 0 Å². The fourth-order valence-electron chi connectivity index (χ4n) is 1.35. The van der Waals surface area contributed by atoms with Gasteiger partial charge in [-0.3, -0.25) is 4.98 Å². The fourth-order valence-corrected chi connectivity index (χ4v) is 1.35. The van der Waals surface area contributed by atoms with Crippen molar-refractivity contribution in [2.45, 2.75) is 0 Å². The minimum Gasteiger partial charge on any atom is -0.506 e. The number of phenolic OH excluding ortho intramolecular Hbond substituents is 1. The van der Waals surface area contributed by atoms with Crippen LogP contribution in [0.1, 0.15) is 5.56 Å². The summed E-state index contributed by atoms with van der Waals surface area (Å²) in [5.74, 6) is 0.121. The van der Waals surface area contributed by atoms with Crippen LogP contribution in [0.25, 0.3) is 10.9 Å². The van der Waals surface area contributed by atoms with Crippen LogP contribution in [0.3, 0.4) is 0 Å². The molecule has 0 aliphatic rings. The number of pyridine rings is 1. The van der Waals surface area contributed by atoms with Gasteiger partial charge in [0.2, 0.25) is 0 Å². The molecule has 0 radical (unpaired) electrons. The zero-order valence-corrected chi connectivity index (χ0v) is 7.25. The van der Waals surface area contributed by atoms with Crippen molar-refractivity contribution in [3.05, 3.63) is 36.0 Å². The molecule has 0 atom stereocenters. The summed E-state index contributed by atoms with van der Waals surface area (Å²) in [6.07, 6.45) is 2.91. The second kappa shape index (κ2) is 3.33. The normalized spacial score (nSPS) is 11.1. The van der Waals surface area contributed by atoms with E-state index in [1.54, 1.807) is 24.4 Å². The van der Waals surface area contributed by atoms with Crippen LogP contribution in [0, 0.1) is 0 Å². The Balaban J connectivity index is 2.81. The van der Waals surface area contributed by atoms with Crippen molar-refractivity contribution in [2.24, 2.45) is 5.16 Å². The zero-order valence-electron chi connectivity index (χ0n) is 7.25. The molecular weight excluding hydrogens is 180 g/mol. The Kier molecular flexibility index (Phi) is 2.02. The first kappa shape index (κ1) is 8.50. The van der Waals surface area contributed by atoms with E-state index in [9.17, 15) is 5.11 Å². The van der Waals surface area contributed by atoms with Crippen LogP contribution in [-0.4, -0.2) is 21.5 Å². The molecule has 1 aromatic carbocycles. The van der Waals surface area contributed by atoms with Crippen LogP contribution in [0.15, 0.2) is 35.6 Å². The number of oxime groups is 1. The first-order valence-corrected chi connectivity index (χ1v) is 4.07. The Labute approximate surface area is 80.1 Å². The van der Waals surface area contributed by atoms with Gasteiger partial charge in [-0.2, -0.15) is 0 Å². The Morgan fingerprint density at radius 2 is 2.14 bits per heavy atom. The number of rotatable bonds is 1. The van der Waals surface area contributed by atoms with Crippen molar-refractivity contribution in [3.63, 3.8) is 0 Å². The van der Waals surface area contributed by atoms with Gasteiger partial charge in [0.25, 0.3) is 0 Å². The van der Waals surface area contributed by atoms with Crippen molar-refractivity contribution in [2.75, 3.05) is 0 Å². The monoisotopic (exact) mass is 188 g/mol. The topological polar surface area (TPSA) is 65.7 Å². The lowest BCUT2D eigenvalue weighted by atomic mass is 10.1. The molecule has 0 bridgehead atoms. The second-order valence-corrected chi connectivity index (χ2v) is 2.82. The summed E-state index contributed by atoms with van der Waals surface area (Å²) in [4.78, 5) is 4.03. The predicted molar refractivity (Wildman–Crippen MR) is 52.8 cm³/mol. The first-order chi connectivity index (χ1) is 6.83. The highest BCUT2D eigenvalue weighted by atomic mass is 16.4. The highest BCUT2D eigenvalue weighted by Gasteiger charge is 2.03. The third kappa shape index (κ3) is 1.26.